The summed E-state index contributed by atoms with van der Waals surface area (Å²) in [4.78, 5) is 13.6. The minimum atomic E-state index is -0.142. The zero-order valence-electron chi connectivity index (χ0n) is 15.8. The molecule has 1 aromatic carbocycles. The normalized spacial score (nSPS) is 12.4. The number of aromatic nitrogens is 2. The van der Waals surface area contributed by atoms with Crippen molar-refractivity contribution in [1.82, 2.24) is 15.1 Å². The van der Waals surface area contributed by atoms with Crippen LogP contribution in [0.25, 0.3) is 6.08 Å². The Morgan fingerprint density at radius 2 is 2.11 bits per heavy atom. The summed E-state index contributed by atoms with van der Waals surface area (Å²) in [6.07, 6.45) is 10.4. The summed E-state index contributed by atoms with van der Waals surface area (Å²) < 4.78 is 1.71. The van der Waals surface area contributed by atoms with Crippen LogP contribution in [0.4, 0.5) is 0 Å². The van der Waals surface area contributed by atoms with E-state index < -0.39 is 0 Å². The number of nitrogens with zero attached hydrogens (tertiary/aromatic N) is 2. The third-order valence-corrected chi connectivity index (χ3v) is 5.34. The molecule has 0 fully saturated rings. The lowest BCUT2D eigenvalue weighted by Crippen LogP contribution is -2.27. The Balaban J connectivity index is 1.74. The number of amides is 1. The van der Waals surface area contributed by atoms with E-state index in [2.05, 4.69) is 47.7 Å². The molecule has 3 rings (SSSR count). The van der Waals surface area contributed by atoms with Crippen molar-refractivity contribution < 1.29 is 4.79 Å². The molecule has 1 amide bonds. The topological polar surface area (TPSA) is 46.9 Å². The summed E-state index contributed by atoms with van der Waals surface area (Å²) in [5.74, 6) is -0.118. The molecule has 0 saturated heterocycles. The van der Waals surface area contributed by atoms with Crippen molar-refractivity contribution in [3.63, 3.8) is 0 Å². The number of carbonyl (C=O) groups is 1. The van der Waals surface area contributed by atoms with Gasteiger partial charge in [0.15, 0.2) is 0 Å². The molecule has 0 aliphatic rings. The summed E-state index contributed by atoms with van der Waals surface area (Å²) in [6, 6.07) is 12.5. The third kappa shape index (κ3) is 5.41. The Morgan fingerprint density at radius 3 is 2.74 bits per heavy atom. The number of nitrogens with one attached hydrogen (secondary N) is 1. The van der Waals surface area contributed by atoms with Crippen molar-refractivity contribution in [3.8, 4) is 0 Å². The predicted octanol–water partition coefficient (Wildman–Crippen LogP) is 4.74. The Hall–Kier alpha value is -2.66. The van der Waals surface area contributed by atoms with Crippen LogP contribution in [0.15, 0.2) is 60.2 Å². The zero-order valence-corrected chi connectivity index (χ0v) is 16.6. The van der Waals surface area contributed by atoms with Crippen LogP contribution < -0.4 is 5.32 Å². The average Bonchev–Trinajstić information content (AvgIpc) is 3.35. The van der Waals surface area contributed by atoms with Crippen LogP contribution in [0, 0.1) is 0 Å². The van der Waals surface area contributed by atoms with Crippen molar-refractivity contribution in [2.45, 2.75) is 32.2 Å². The molecule has 0 saturated carbocycles. The third-order valence-electron chi connectivity index (χ3n) is 4.40. The number of unbranched alkanes of at least 4 members (excludes halogenated alkanes) is 1. The van der Waals surface area contributed by atoms with E-state index in [0.717, 1.165) is 22.4 Å². The van der Waals surface area contributed by atoms with Gasteiger partial charge >= 0.3 is 0 Å². The van der Waals surface area contributed by atoms with Gasteiger partial charge in [0.05, 0.1) is 12.2 Å². The number of hydrogen-bond acceptors (Lipinski definition) is 3. The zero-order chi connectivity index (χ0) is 19.1. The van der Waals surface area contributed by atoms with Crippen molar-refractivity contribution in [3.05, 3.63) is 81.8 Å². The molecule has 3 aromatic rings. The van der Waals surface area contributed by atoms with Crippen LogP contribution in [0.2, 0.25) is 0 Å². The van der Waals surface area contributed by atoms with E-state index >= 15 is 0 Å². The Bertz CT molecular complexity index is 879. The second-order valence-electron chi connectivity index (χ2n) is 6.58. The van der Waals surface area contributed by atoms with E-state index in [1.165, 1.54) is 18.4 Å². The molecule has 1 atom stereocenters. The van der Waals surface area contributed by atoms with Crippen molar-refractivity contribution in [1.29, 1.82) is 0 Å². The first-order valence-electron chi connectivity index (χ1n) is 9.25. The molecular weight excluding hydrogens is 354 g/mol. The van der Waals surface area contributed by atoms with Gasteiger partial charge in [0.25, 0.3) is 0 Å². The summed E-state index contributed by atoms with van der Waals surface area (Å²) in [6.45, 7) is 2.20. The van der Waals surface area contributed by atoms with Crippen LogP contribution in [0.1, 0.15) is 47.4 Å². The molecule has 0 radical (unpaired) electrons. The Labute approximate surface area is 164 Å². The molecule has 0 bridgehead atoms. The molecule has 2 heterocycles. The number of aryl methyl sites for hydroxylation is 2. The fourth-order valence-corrected chi connectivity index (χ4v) is 3.72. The predicted molar refractivity (Wildman–Crippen MR) is 112 cm³/mol. The number of thiophene rings is 1. The second-order valence-corrected chi connectivity index (χ2v) is 7.56. The van der Waals surface area contributed by atoms with Crippen molar-refractivity contribution >= 4 is 23.3 Å². The van der Waals surface area contributed by atoms with Gasteiger partial charge in [-0.1, -0.05) is 43.7 Å². The maximum Gasteiger partial charge on any atom is 0.244 e. The van der Waals surface area contributed by atoms with Crippen LogP contribution in [-0.2, 0) is 18.3 Å². The average molecular weight is 380 g/mol. The second kappa shape index (κ2) is 9.33. The lowest BCUT2D eigenvalue weighted by Gasteiger charge is -2.17. The highest BCUT2D eigenvalue weighted by Gasteiger charge is 2.16. The largest absolute Gasteiger partial charge is 0.341 e. The quantitative estimate of drug-likeness (QED) is 0.575. The highest BCUT2D eigenvalue weighted by atomic mass is 32.1. The van der Waals surface area contributed by atoms with Gasteiger partial charge in [-0.2, -0.15) is 5.10 Å². The van der Waals surface area contributed by atoms with Gasteiger partial charge in [-0.05, 0) is 41.5 Å². The van der Waals surface area contributed by atoms with Gasteiger partial charge in [0.1, 0.15) is 0 Å². The van der Waals surface area contributed by atoms with Crippen LogP contribution >= 0.6 is 11.3 Å². The minimum Gasteiger partial charge on any atom is -0.341 e. The monoisotopic (exact) mass is 379 g/mol. The molecule has 27 heavy (non-hydrogen) atoms. The molecule has 140 valence electrons. The highest BCUT2D eigenvalue weighted by Crippen LogP contribution is 2.26. The number of hydrogen-bond donors (Lipinski definition) is 1. The molecular formula is C22H25N3OS. The standard InChI is InChI=1S/C22H25N3OS/c1-3-4-6-17-8-11-19(12-9-17)22(20-7-5-14-27-20)24-21(26)13-10-18-15-23-25(2)16-18/h5,7-16,22H,3-4,6H2,1-2H3,(H,24,26)/b13-10+. The summed E-state index contributed by atoms with van der Waals surface area (Å²) in [5.41, 5.74) is 3.34. The van der Waals surface area contributed by atoms with Gasteiger partial charge < -0.3 is 5.32 Å². The Morgan fingerprint density at radius 1 is 1.30 bits per heavy atom. The molecule has 1 unspecified atom stereocenters. The van der Waals surface area contributed by atoms with Crippen molar-refractivity contribution in [2.75, 3.05) is 0 Å². The summed E-state index contributed by atoms with van der Waals surface area (Å²) in [7, 11) is 1.86. The maximum absolute atomic E-state index is 12.5. The number of rotatable bonds is 8. The molecule has 5 heteroatoms. The van der Waals surface area contributed by atoms with Gasteiger partial charge in [-0.15, -0.1) is 11.3 Å². The van der Waals surface area contributed by atoms with Gasteiger partial charge in [0.2, 0.25) is 5.91 Å². The first-order chi connectivity index (χ1) is 13.2. The summed E-state index contributed by atoms with van der Waals surface area (Å²) >= 11 is 1.65. The van der Waals surface area contributed by atoms with E-state index in [-0.39, 0.29) is 11.9 Å². The van der Waals surface area contributed by atoms with E-state index in [0.29, 0.717) is 0 Å². The van der Waals surface area contributed by atoms with E-state index in [1.54, 1.807) is 34.4 Å². The molecule has 4 nitrogen and oxygen atoms in total. The fraction of sp³-hybridized carbons (Fsp3) is 0.273. The number of carbonyl (C=O) groups excluding carboxylic acids is 1. The smallest absolute Gasteiger partial charge is 0.244 e. The minimum absolute atomic E-state index is 0.118. The molecule has 1 N–H and O–H groups in total. The van der Waals surface area contributed by atoms with Crippen molar-refractivity contribution in [2.24, 2.45) is 7.05 Å². The SMILES string of the molecule is CCCCc1ccc(C(NC(=O)/C=C/c2cnn(C)c2)c2cccs2)cc1. The summed E-state index contributed by atoms with van der Waals surface area (Å²) in [5, 5.41) is 9.28. The molecule has 0 aliphatic heterocycles. The van der Waals surface area contributed by atoms with Crippen LogP contribution in [-0.4, -0.2) is 15.7 Å². The van der Waals surface area contributed by atoms with Gasteiger partial charge in [0, 0.05) is 29.8 Å². The highest BCUT2D eigenvalue weighted by molar-refractivity contribution is 7.10. The first kappa shape index (κ1) is 19.1. The van der Waals surface area contributed by atoms with Crippen LogP contribution in [0.5, 0.6) is 0 Å². The lowest BCUT2D eigenvalue weighted by molar-refractivity contribution is -0.116. The van der Waals surface area contributed by atoms with E-state index in [9.17, 15) is 4.79 Å². The molecule has 2 aromatic heterocycles. The van der Waals surface area contributed by atoms with E-state index in [4.69, 9.17) is 0 Å². The number of benzene rings is 1. The van der Waals surface area contributed by atoms with Gasteiger partial charge in [-0.3, -0.25) is 9.48 Å². The lowest BCUT2D eigenvalue weighted by atomic mass is 10.0. The molecule has 0 spiro atoms. The molecule has 0 aliphatic carbocycles. The first-order valence-corrected chi connectivity index (χ1v) is 10.1. The maximum atomic E-state index is 12.5. The van der Waals surface area contributed by atoms with E-state index in [1.807, 2.05) is 24.7 Å². The fourth-order valence-electron chi connectivity index (χ4n) is 2.92. The van der Waals surface area contributed by atoms with Gasteiger partial charge in [-0.25, -0.2) is 0 Å². The Kier molecular flexibility index (Phi) is 6.60. The van der Waals surface area contributed by atoms with Crippen LogP contribution in [0.3, 0.4) is 0 Å².